The molecule has 3 aliphatic rings. The minimum Gasteiger partial charge on any atom is -0.371 e. The van der Waals surface area contributed by atoms with Gasteiger partial charge in [0.2, 0.25) is 0 Å². The van der Waals surface area contributed by atoms with E-state index in [2.05, 4.69) is 75.8 Å². The average Bonchev–Trinajstić information content (AvgIpc) is 3.20. The Kier molecular flexibility index (Phi) is 7.75. The molecule has 0 saturated carbocycles. The van der Waals surface area contributed by atoms with Crippen LogP contribution in [0.4, 0.5) is 5.82 Å². The number of hydrogen-bond donors (Lipinski definition) is 1. The Morgan fingerprint density at radius 2 is 1.91 bits per heavy atom. The molecule has 6 nitrogen and oxygen atoms in total. The second kappa shape index (κ2) is 11.0. The van der Waals surface area contributed by atoms with E-state index in [1.54, 1.807) is 0 Å². The van der Waals surface area contributed by atoms with Crippen molar-refractivity contribution in [3.8, 4) is 0 Å². The van der Waals surface area contributed by atoms with Gasteiger partial charge < -0.3 is 10.2 Å². The van der Waals surface area contributed by atoms with E-state index in [9.17, 15) is 0 Å². The largest absolute Gasteiger partial charge is 0.371 e. The van der Waals surface area contributed by atoms with Crippen molar-refractivity contribution in [2.75, 3.05) is 45.1 Å². The van der Waals surface area contributed by atoms with Gasteiger partial charge in [0, 0.05) is 75.6 Å². The van der Waals surface area contributed by atoms with Crippen LogP contribution in [0.2, 0.25) is 0 Å². The van der Waals surface area contributed by atoms with Crippen LogP contribution in [-0.2, 0) is 20.0 Å². The van der Waals surface area contributed by atoms with Crippen LogP contribution in [-0.4, -0.2) is 69.7 Å². The molecule has 1 aromatic carbocycles. The highest BCUT2D eigenvalue weighted by atomic mass is 32.2. The summed E-state index contributed by atoms with van der Waals surface area (Å²) in [6.45, 7) is 11.6. The van der Waals surface area contributed by atoms with Gasteiger partial charge in [-0.15, -0.1) is 0 Å². The van der Waals surface area contributed by atoms with E-state index in [0.29, 0.717) is 12.0 Å². The lowest BCUT2D eigenvalue weighted by Gasteiger charge is -2.46. The molecule has 1 aliphatic carbocycles. The van der Waals surface area contributed by atoms with Crippen molar-refractivity contribution in [1.82, 2.24) is 23.9 Å². The van der Waals surface area contributed by atoms with E-state index in [1.807, 2.05) is 23.7 Å². The number of allylic oxidation sites excluding steroid dienone is 1. The second-order valence-electron chi connectivity index (χ2n) is 10.7. The minimum atomic E-state index is 0.541. The summed E-state index contributed by atoms with van der Waals surface area (Å²) >= 11 is 1.95. The molecule has 0 radical (unpaired) electrons. The van der Waals surface area contributed by atoms with Crippen LogP contribution in [0.1, 0.15) is 56.4 Å². The van der Waals surface area contributed by atoms with Crippen LogP contribution in [0.5, 0.6) is 0 Å². The van der Waals surface area contributed by atoms with Crippen LogP contribution in [0.25, 0.3) is 6.08 Å². The normalized spacial score (nSPS) is 21.8. The fourth-order valence-electron chi connectivity index (χ4n) is 5.92. The Bertz CT molecular complexity index is 1040. The highest BCUT2D eigenvalue weighted by molar-refractivity contribution is 7.97. The van der Waals surface area contributed by atoms with Gasteiger partial charge in [0.05, 0.1) is 5.69 Å². The van der Waals surface area contributed by atoms with Crippen molar-refractivity contribution in [2.24, 2.45) is 13.0 Å². The monoisotopic (exact) mass is 494 g/mol. The number of fused-ring (bicyclic) bond motifs is 1. The molecule has 1 atom stereocenters. The molecule has 0 amide bonds. The van der Waals surface area contributed by atoms with E-state index in [4.69, 9.17) is 0 Å². The maximum Gasteiger partial charge on any atom is 0.151 e. The quantitative estimate of drug-likeness (QED) is 0.541. The summed E-state index contributed by atoms with van der Waals surface area (Å²) in [6, 6.07) is 9.79. The molecule has 0 spiro atoms. The molecule has 1 N–H and O–H groups in total. The van der Waals surface area contributed by atoms with Gasteiger partial charge in [-0.05, 0) is 67.3 Å². The molecular weight excluding hydrogens is 452 g/mol. The summed E-state index contributed by atoms with van der Waals surface area (Å²) in [5.74, 6) is 1.64. The standard InChI is InChI=1S/C28H42N6S/c1-21(2)27-20-32(19-22-9-8-10-24(17-22)35-33-13-6-5-7-14-33)15-16-34(27)23-11-12-25-26(18-23)31(4)30-28(25)29-3/h8-10,17-18,21,27H,5-7,11-16,19-20H2,1-4H3,(H,29,30). The first-order valence-corrected chi connectivity index (χ1v) is 14.2. The van der Waals surface area contributed by atoms with Crippen LogP contribution >= 0.6 is 11.9 Å². The maximum atomic E-state index is 4.68. The smallest absolute Gasteiger partial charge is 0.151 e. The summed E-state index contributed by atoms with van der Waals surface area (Å²) in [5.41, 5.74) is 5.56. The number of aryl methyl sites for hydroxylation is 1. The van der Waals surface area contributed by atoms with Gasteiger partial charge in [-0.2, -0.15) is 5.10 Å². The van der Waals surface area contributed by atoms with Crippen molar-refractivity contribution in [1.29, 1.82) is 0 Å². The number of anilines is 1. The summed E-state index contributed by atoms with van der Waals surface area (Å²) in [5, 5.41) is 7.94. The van der Waals surface area contributed by atoms with Gasteiger partial charge >= 0.3 is 0 Å². The zero-order valence-corrected chi connectivity index (χ0v) is 22.8. The fraction of sp³-hybridized carbons (Fsp3) is 0.607. The number of hydrogen-bond acceptors (Lipinski definition) is 6. The summed E-state index contributed by atoms with van der Waals surface area (Å²) in [6.07, 6.45) is 8.63. The van der Waals surface area contributed by atoms with Crippen LogP contribution < -0.4 is 5.32 Å². The third-order valence-corrected chi connectivity index (χ3v) is 8.95. The van der Waals surface area contributed by atoms with Crippen molar-refractivity contribution in [3.63, 3.8) is 0 Å². The molecule has 0 bridgehead atoms. The Hall–Kier alpha value is -1.96. The number of nitrogens with one attached hydrogen (secondary N) is 1. The molecule has 35 heavy (non-hydrogen) atoms. The molecule has 2 aliphatic heterocycles. The summed E-state index contributed by atoms with van der Waals surface area (Å²) in [4.78, 5) is 6.77. The first kappa shape index (κ1) is 24.7. The zero-order chi connectivity index (χ0) is 24.4. The van der Waals surface area contributed by atoms with Crippen molar-refractivity contribution in [2.45, 2.75) is 63.4 Å². The summed E-state index contributed by atoms with van der Waals surface area (Å²) in [7, 11) is 4.03. The number of piperidine rings is 1. The van der Waals surface area contributed by atoms with Crippen molar-refractivity contribution < 1.29 is 0 Å². The third-order valence-electron chi connectivity index (χ3n) is 7.86. The number of benzene rings is 1. The summed E-state index contributed by atoms with van der Waals surface area (Å²) < 4.78 is 4.58. The van der Waals surface area contributed by atoms with Gasteiger partial charge in [0.15, 0.2) is 5.82 Å². The van der Waals surface area contributed by atoms with E-state index in [1.165, 1.54) is 59.8 Å². The molecule has 2 aromatic rings. The SMILES string of the molecule is CNc1nn(C)c2c1CCC(N1CCN(Cc3cccc(SN4CCCCC4)c3)CC1C(C)C)=C2. The van der Waals surface area contributed by atoms with Crippen molar-refractivity contribution >= 4 is 23.8 Å². The molecule has 2 fully saturated rings. The highest BCUT2D eigenvalue weighted by Gasteiger charge is 2.32. The van der Waals surface area contributed by atoms with Crippen molar-refractivity contribution in [3.05, 3.63) is 46.8 Å². The molecule has 7 heteroatoms. The molecule has 190 valence electrons. The number of rotatable bonds is 7. The van der Waals surface area contributed by atoms with Crippen LogP contribution in [0.3, 0.4) is 0 Å². The van der Waals surface area contributed by atoms with E-state index < -0.39 is 0 Å². The molecule has 1 aromatic heterocycles. The minimum absolute atomic E-state index is 0.541. The third kappa shape index (κ3) is 5.57. The number of aromatic nitrogens is 2. The Morgan fingerprint density at radius 3 is 2.69 bits per heavy atom. The topological polar surface area (TPSA) is 39.6 Å². The lowest BCUT2D eigenvalue weighted by atomic mass is 9.94. The van der Waals surface area contributed by atoms with Gasteiger partial charge in [-0.1, -0.05) is 32.4 Å². The first-order valence-electron chi connectivity index (χ1n) is 13.5. The van der Waals surface area contributed by atoms with E-state index >= 15 is 0 Å². The lowest BCUT2D eigenvalue weighted by Crippen LogP contribution is -2.54. The second-order valence-corrected chi connectivity index (χ2v) is 11.9. The average molecular weight is 495 g/mol. The predicted octanol–water partition coefficient (Wildman–Crippen LogP) is 5.08. The highest BCUT2D eigenvalue weighted by Crippen LogP contribution is 2.34. The van der Waals surface area contributed by atoms with Gasteiger partial charge in [0.25, 0.3) is 0 Å². The lowest BCUT2D eigenvalue weighted by molar-refractivity contribution is 0.0690. The Balaban J connectivity index is 1.26. The van der Waals surface area contributed by atoms with Gasteiger partial charge in [-0.25, -0.2) is 4.31 Å². The molecule has 1 unspecified atom stereocenters. The fourth-order valence-corrected chi connectivity index (χ4v) is 7.01. The van der Waals surface area contributed by atoms with Crippen LogP contribution in [0.15, 0.2) is 34.9 Å². The molecule has 2 saturated heterocycles. The predicted molar refractivity (Wildman–Crippen MR) is 147 cm³/mol. The van der Waals surface area contributed by atoms with Gasteiger partial charge in [0.1, 0.15) is 0 Å². The Labute approximate surface area is 215 Å². The number of nitrogens with zero attached hydrogens (tertiary/aromatic N) is 5. The zero-order valence-electron chi connectivity index (χ0n) is 22.0. The maximum absolute atomic E-state index is 4.68. The molecular formula is C28H42N6S. The van der Waals surface area contributed by atoms with Gasteiger partial charge in [-0.3, -0.25) is 9.58 Å². The Morgan fingerprint density at radius 1 is 1.09 bits per heavy atom. The number of piperazine rings is 1. The van der Waals surface area contributed by atoms with E-state index in [-0.39, 0.29) is 0 Å². The van der Waals surface area contributed by atoms with E-state index in [0.717, 1.165) is 44.8 Å². The van der Waals surface area contributed by atoms with Crippen LogP contribution in [0, 0.1) is 5.92 Å². The first-order chi connectivity index (χ1) is 17.0. The molecule has 3 heterocycles. The molecule has 5 rings (SSSR count).